The third kappa shape index (κ3) is 3.47. The van der Waals surface area contributed by atoms with Crippen molar-refractivity contribution in [3.05, 3.63) is 47.5 Å². The van der Waals surface area contributed by atoms with Crippen LogP contribution in [-0.4, -0.2) is 26.0 Å². The van der Waals surface area contributed by atoms with Gasteiger partial charge in [-0.2, -0.15) is 0 Å². The first kappa shape index (κ1) is 17.0. The highest BCUT2D eigenvalue weighted by Crippen LogP contribution is 2.36. The van der Waals surface area contributed by atoms with E-state index >= 15 is 0 Å². The van der Waals surface area contributed by atoms with Crippen LogP contribution >= 0.6 is 0 Å². The van der Waals surface area contributed by atoms with Crippen molar-refractivity contribution in [2.24, 2.45) is 0 Å². The first-order valence-electron chi connectivity index (χ1n) is 8.19. The van der Waals surface area contributed by atoms with Crippen molar-refractivity contribution in [1.82, 2.24) is 20.7 Å². The van der Waals surface area contributed by atoms with Crippen molar-refractivity contribution in [3.63, 3.8) is 0 Å². The van der Waals surface area contributed by atoms with Gasteiger partial charge in [0, 0.05) is 12.0 Å². The van der Waals surface area contributed by atoms with Crippen LogP contribution in [0, 0.1) is 0 Å². The van der Waals surface area contributed by atoms with Crippen LogP contribution in [0.5, 0.6) is 5.75 Å². The lowest BCUT2D eigenvalue weighted by Crippen LogP contribution is -2.14. The van der Waals surface area contributed by atoms with Crippen LogP contribution in [0.2, 0.25) is 0 Å². The van der Waals surface area contributed by atoms with Crippen LogP contribution in [0.15, 0.2) is 36.4 Å². The van der Waals surface area contributed by atoms with Gasteiger partial charge >= 0.3 is 0 Å². The van der Waals surface area contributed by atoms with Crippen molar-refractivity contribution < 1.29 is 9.90 Å². The van der Waals surface area contributed by atoms with Gasteiger partial charge in [-0.1, -0.05) is 39.0 Å². The van der Waals surface area contributed by atoms with Crippen LogP contribution in [0.1, 0.15) is 38.3 Å². The standard InChI is InChI=1S/C19H21N4O2/c1-19(2,3)13-10-12(8-9-17(20)24)11-16(18(13)25)23-21-14-6-4-5-7-15(14)22-23/h4-7,10-11,20,25H,8-9H2,1-3H3. The highest BCUT2D eigenvalue weighted by Gasteiger charge is 2.23. The Morgan fingerprint density at radius 3 is 2.28 bits per heavy atom. The number of aryl methyl sites for hydroxylation is 1. The van der Waals surface area contributed by atoms with E-state index in [-0.39, 0.29) is 17.6 Å². The molecule has 129 valence electrons. The summed E-state index contributed by atoms with van der Waals surface area (Å²) in [6.07, 6.45) is 0.585. The number of carbonyl (C=O) groups excluding carboxylic acids is 1. The summed E-state index contributed by atoms with van der Waals surface area (Å²) in [5.41, 5.74) is 10.4. The Kier molecular flexibility index (Phi) is 4.20. The molecule has 2 N–H and O–H groups in total. The molecule has 0 spiro atoms. The fourth-order valence-corrected chi connectivity index (χ4v) is 2.77. The molecular formula is C19H21N4O2. The molecule has 2 aromatic carbocycles. The fourth-order valence-electron chi connectivity index (χ4n) is 2.77. The van der Waals surface area contributed by atoms with Crippen molar-refractivity contribution in [2.75, 3.05) is 0 Å². The SMILES string of the molecule is CC(C)(C)c1cc(CCC([NH])=O)cc(-n2nc3ccccc3n2)c1O. The third-order valence-electron chi connectivity index (χ3n) is 4.10. The number of amides is 1. The molecule has 0 unspecified atom stereocenters. The van der Waals surface area contributed by atoms with E-state index in [0.29, 0.717) is 12.1 Å². The zero-order chi connectivity index (χ0) is 18.2. The molecule has 0 saturated heterocycles. The van der Waals surface area contributed by atoms with Crippen molar-refractivity contribution >= 4 is 16.9 Å². The molecule has 0 aliphatic carbocycles. The van der Waals surface area contributed by atoms with Gasteiger partial charge in [-0.15, -0.1) is 15.0 Å². The zero-order valence-corrected chi connectivity index (χ0v) is 14.6. The number of hydrogen-bond acceptors (Lipinski definition) is 4. The summed E-state index contributed by atoms with van der Waals surface area (Å²) < 4.78 is 0. The number of nitrogens with zero attached hydrogens (tertiary/aromatic N) is 3. The maximum atomic E-state index is 11.0. The number of carbonyl (C=O) groups is 1. The topological polar surface area (TPSA) is 91.8 Å². The Morgan fingerprint density at radius 1 is 1.16 bits per heavy atom. The number of hydrogen-bond donors (Lipinski definition) is 1. The third-order valence-corrected chi connectivity index (χ3v) is 4.10. The summed E-state index contributed by atoms with van der Waals surface area (Å²) in [5.74, 6) is -0.469. The molecule has 0 aliphatic rings. The van der Waals surface area contributed by atoms with Gasteiger partial charge in [0.25, 0.3) is 0 Å². The molecule has 0 fully saturated rings. The van der Waals surface area contributed by atoms with Crippen LogP contribution in [0.25, 0.3) is 16.7 Å². The van der Waals surface area contributed by atoms with Crippen molar-refractivity contribution in [1.29, 1.82) is 0 Å². The Balaban J connectivity index is 2.16. The molecular weight excluding hydrogens is 316 g/mol. The molecule has 3 aromatic rings. The van der Waals surface area contributed by atoms with E-state index < -0.39 is 5.91 Å². The van der Waals surface area contributed by atoms with Gasteiger partial charge in [0.15, 0.2) is 0 Å². The average molecular weight is 337 g/mol. The van der Waals surface area contributed by atoms with Gasteiger partial charge in [0.05, 0.1) is 0 Å². The summed E-state index contributed by atoms with van der Waals surface area (Å²) >= 11 is 0. The maximum absolute atomic E-state index is 11.0. The second-order valence-corrected chi connectivity index (χ2v) is 7.16. The minimum Gasteiger partial charge on any atom is -0.505 e. The van der Waals surface area contributed by atoms with E-state index in [4.69, 9.17) is 5.73 Å². The smallest absolute Gasteiger partial charge is 0.238 e. The van der Waals surface area contributed by atoms with Gasteiger partial charge in [0.2, 0.25) is 5.91 Å². The number of rotatable bonds is 4. The lowest BCUT2D eigenvalue weighted by Gasteiger charge is -2.23. The number of fused-ring (bicyclic) bond motifs is 1. The van der Waals surface area contributed by atoms with Gasteiger partial charge in [-0.05, 0) is 35.6 Å². The summed E-state index contributed by atoms with van der Waals surface area (Å²) in [6.45, 7) is 6.04. The predicted molar refractivity (Wildman–Crippen MR) is 95.7 cm³/mol. The molecule has 3 rings (SSSR count). The van der Waals surface area contributed by atoms with E-state index in [9.17, 15) is 9.90 Å². The molecule has 0 atom stereocenters. The Morgan fingerprint density at radius 2 is 1.76 bits per heavy atom. The first-order chi connectivity index (χ1) is 11.8. The Labute approximate surface area is 146 Å². The molecule has 6 nitrogen and oxygen atoms in total. The number of aromatic hydroxyl groups is 1. The van der Waals surface area contributed by atoms with E-state index in [1.54, 1.807) is 6.07 Å². The van der Waals surface area contributed by atoms with Gasteiger partial charge in [0.1, 0.15) is 22.5 Å². The molecule has 0 aliphatic heterocycles. The number of nitrogens with one attached hydrogen (secondary N) is 1. The number of aromatic nitrogens is 3. The Bertz CT molecular complexity index is 905. The van der Waals surface area contributed by atoms with E-state index in [1.165, 1.54) is 4.80 Å². The summed E-state index contributed by atoms with van der Waals surface area (Å²) in [5, 5.41) is 19.7. The second kappa shape index (κ2) is 6.20. The maximum Gasteiger partial charge on any atom is 0.238 e. The zero-order valence-electron chi connectivity index (χ0n) is 14.6. The highest BCUT2D eigenvalue weighted by molar-refractivity contribution is 5.74. The minimum absolute atomic E-state index is 0.133. The number of benzene rings is 2. The highest BCUT2D eigenvalue weighted by atomic mass is 16.3. The van der Waals surface area contributed by atoms with Gasteiger partial charge in [-0.3, -0.25) is 10.5 Å². The predicted octanol–water partition coefficient (Wildman–Crippen LogP) is 3.17. The normalized spacial score (nSPS) is 11.8. The molecule has 0 saturated carbocycles. The van der Waals surface area contributed by atoms with Crippen LogP contribution in [-0.2, 0) is 16.6 Å². The molecule has 0 bridgehead atoms. The van der Waals surface area contributed by atoms with Crippen molar-refractivity contribution in [2.45, 2.75) is 39.0 Å². The van der Waals surface area contributed by atoms with Gasteiger partial charge < -0.3 is 5.11 Å². The minimum atomic E-state index is -0.602. The number of phenols is 1. The number of phenolic OH excluding ortho intramolecular Hbond substituents is 1. The van der Waals surface area contributed by atoms with E-state index in [0.717, 1.165) is 22.2 Å². The largest absolute Gasteiger partial charge is 0.505 e. The summed E-state index contributed by atoms with van der Waals surface area (Å²) in [7, 11) is 0. The lowest BCUT2D eigenvalue weighted by atomic mass is 9.84. The van der Waals surface area contributed by atoms with Crippen molar-refractivity contribution in [3.8, 4) is 11.4 Å². The van der Waals surface area contributed by atoms with E-state index in [2.05, 4.69) is 10.2 Å². The molecule has 1 radical (unpaired) electrons. The van der Waals surface area contributed by atoms with E-state index in [1.807, 2.05) is 51.1 Å². The molecule has 6 heteroatoms. The Hall–Kier alpha value is -2.89. The summed E-state index contributed by atoms with van der Waals surface area (Å²) in [4.78, 5) is 12.5. The first-order valence-corrected chi connectivity index (χ1v) is 8.19. The molecule has 25 heavy (non-hydrogen) atoms. The fraction of sp³-hybridized carbons (Fsp3) is 0.316. The van der Waals surface area contributed by atoms with Crippen LogP contribution < -0.4 is 5.73 Å². The van der Waals surface area contributed by atoms with Crippen LogP contribution in [0.4, 0.5) is 0 Å². The van der Waals surface area contributed by atoms with Crippen LogP contribution in [0.3, 0.4) is 0 Å². The molecule has 1 aromatic heterocycles. The second-order valence-electron chi connectivity index (χ2n) is 7.16. The van der Waals surface area contributed by atoms with Gasteiger partial charge in [-0.25, -0.2) is 0 Å². The summed E-state index contributed by atoms with van der Waals surface area (Å²) in [6, 6.07) is 11.2. The quantitative estimate of drug-likeness (QED) is 0.791. The molecule has 1 heterocycles. The average Bonchev–Trinajstić information content (AvgIpc) is 2.96. The monoisotopic (exact) mass is 337 g/mol. The molecule has 1 amide bonds. The lowest BCUT2D eigenvalue weighted by molar-refractivity contribution is -0.118.